The van der Waals surface area contributed by atoms with Crippen molar-refractivity contribution in [2.45, 2.75) is 24.4 Å². The summed E-state index contributed by atoms with van der Waals surface area (Å²) in [5.41, 5.74) is 0.718. The summed E-state index contributed by atoms with van der Waals surface area (Å²) >= 11 is 2.97. The minimum Gasteiger partial charge on any atom is -0.477 e. The van der Waals surface area contributed by atoms with Crippen LogP contribution in [-0.4, -0.2) is 45.0 Å². The van der Waals surface area contributed by atoms with Crippen LogP contribution < -0.4 is 9.88 Å². The summed E-state index contributed by atoms with van der Waals surface area (Å²) in [7, 11) is 0. The lowest BCUT2D eigenvalue weighted by molar-refractivity contribution is -0.689. The van der Waals surface area contributed by atoms with Crippen molar-refractivity contribution in [1.29, 1.82) is 0 Å². The third-order valence-corrected chi connectivity index (χ3v) is 6.85. The van der Waals surface area contributed by atoms with Crippen LogP contribution in [0.4, 0.5) is 0 Å². The van der Waals surface area contributed by atoms with Gasteiger partial charge in [-0.15, -0.1) is 23.1 Å². The van der Waals surface area contributed by atoms with Crippen molar-refractivity contribution in [1.82, 2.24) is 10.2 Å². The van der Waals surface area contributed by atoms with Crippen molar-refractivity contribution < 1.29 is 24.1 Å². The van der Waals surface area contributed by atoms with E-state index < -0.39 is 12.0 Å². The molecule has 2 atom stereocenters. The van der Waals surface area contributed by atoms with E-state index in [0.29, 0.717) is 17.9 Å². The fourth-order valence-corrected chi connectivity index (χ4v) is 5.40. The van der Waals surface area contributed by atoms with Crippen molar-refractivity contribution >= 4 is 40.9 Å². The number of carboxylic acids is 1. The first kappa shape index (κ1) is 18.7. The molecule has 2 aliphatic rings. The molecular formula is C19H18N3O4S2+. The zero-order valence-corrected chi connectivity index (χ0v) is 16.4. The van der Waals surface area contributed by atoms with Crippen molar-refractivity contribution in [3.63, 3.8) is 0 Å². The van der Waals surface area contributed by atoms with Gasteiger partial charge in [0.05, 0.1) is 6.42 Å². The Hall–Kier alpha value is -2.65. The number of carbonyl (C=O) groups excluding carboxylic acids is 2. The monoisotopic (exact) mass is 416 g/mol. The van der Waals surface area contributed by atoms with Crippen LogP contribution in [0.2, 0.25) is 0 Å². The standard InChI is InChI=1S/C19H17N3O4S2/c23-14(9-13-5-4-8-27-13)20-15-17(24)22-16(19(25)26)12(11-28-18(15)22)10-21-6-2-1-3-7-21/h1-8,15,18H,9-11H2,(H-,20,23,25,26)/p+1/t15-,18-/m1/s1. The number of thioether (sulfide) groups is 1. The quantitative estimate of drug-likeness (QED) is 0.542. The number of carboxylic acid groups (broad SMARTS) is 1. The van der Waals surface area contributed by atoms with E-state index >= 15 is 0 Å². The highest BCUT2D eigenvalue weighted by molar-refractivity contribution is 8.00. The van der Waals surface area contributed by atoms with E-state index in [1.165, 1.54) is 28.0 Å². The molecule has 0 saturated carbocycles. The second kappa shape index (κ2) is 7.76. The van der Waals surface area contributed by atoms with Crippen molar-refractivity contribution in [3.8, 4) is 0 Å². The highest BCUT2D eigenvalue weighted by Gasteiger charge is 2.54. The number of hydrogen-bond acceptors (Lipinski definition) is 5. The normalized spacial score (nSPS) is 21.1. The molecular weight excluding hydrogens is 398 g/mol. The number of amides is 2. The van der Waals surface area contributed by atoms with Crippen LogP contribution in [0.1, 0.15) is 4.88 Å². The van der Waals surface area contributed by atoms with Gasteiger partial charge in [0, 0.05) is 28.3 Å². The van der Waals surface area contributed by atoms with Crippen molar-refractivity contribution in [2.75, 3.05) is 5.75 Å². The SMILES string of the molecule is O=C(Cc1cccs1)N[C@@H]1C(=O)N2C(C(=O)O)=C(C[n+]3ccccc3)CS[C@H]12. The van der Waals surface area contributed by atoms with Gasteiger partial charge in [-0.05, 0) is 11.4 Å². The minimum atomic E-state index is -1.12. The molecule has 0 unspecified atom stereocenters. The Morgan fingerprint density at radius 3 is 2.71 bits per heavy atom. The smallest absolute Gasteiger partial charge is 0.352 e. The lowest BCUT2D eigenvalue weighted by atomic mass is 10.0. The van der Waals surface area contributed by atoms with Gasteiger partial charge < -0.3 is 10.4 Å². The number of nitrogens with one attached hydrogen (secondary N) is 1. The number of nitrogens with zero attached hydrogens (tertiary/aromatic N) is 2. The van der Waals surface area contributed by atoms with Gasteiger partial charge in [0.25, 0.3) is 5.91 Å². The third-order valence-electron chi connectivity index (χ3n) is 4.63. The van der Waals surface area contributed by atoms with Crippen LogP contribution in [-0.2, 0) is 27.3 Å². The van der Waals surface area contributed by atoms with Crippen LogP contribution in [0.5, 0.6) is 0 Å². The van der Waals surface area contributed by atoms with E-state index in [0.717, 1.165) is 4.88 Å². The fraction of sp³-hybridized carbons (Fsp3) is 0.263. The molecule has 7 nitrogen and oxygen atoms in total. The molecule has 2 aromatic heterocycles. The van der Waals surface area contributed by atoms with Crippen molar-refractivity contribution in [2.24, 2.45) is 0 Å². The van der Waals surface area contributed by atoms with Gasteiger partial charge in [0.1, 0.15) is 17.1 Å². The first-order valence-electron chi connectivity index (χ1n) is 8.70. The Kier molecular flexibility index (Phi) is 5.19. The molecule has 144 valence electrons. The first-order valence-corrected chi connectivity index (χ1v) is 10.6. The van der Waals surface area contributed by atoms with E-state index in [1.54, 1.807) is 0 Å². The summed E-state index contributed by atoms with van der Waals surface area (Å²) < 4.78 is 1.88. The summed E-state index contributed by atoms with van der Waals surface area (Å²) in [4.78, 5) is 39.0. The van der Waals surface area contributed by atoms with E-state index in [-0.39, 0.29) is 29.3 Å². The Balaban J connectivity index is 1.49. The number of aliphatic carboxylic acids is 1. The Morgan fingerprint density at radius 1 is 1.25 bits per heavy atom. The molecule has 4 rings (SSSR count). The largest absolute Gasteiger partial charge is 0.477 e. The molecule has 2 N–H and O–H groups in total. The van der Waals surface area contributed by atoms with Gasteiger partial charge in [0.2, 0.25) is 5.91 Å². The van der Waals surface area contributed by atoms with Crippen LogP contribution in [0.25, 0.3) is 0 Å². The predicted octanol–water partition coefficient (Wildman–Crippen LogP) is 1.02. The molecule has 1 saturated heterocycles. The van der Waals surface area contributed by atoms with Gasteiger partial charge in [-0.25, -0.2) is 9.36 Å². The predicted molar refractivity (Wildman–Crippen MR) is 104 cm³/mol. The number of fused-ring (bicyclic) bond motifs is 1. The molecule has 0 spiro atoms. The van der Waals surface area contributed by atoms with E-state index in [1.807, 2.05) is 52.7 Å². The summed E-state index contributed by atoms with van der Waals surface area (Å²) in [5.74, 6) is -1.22. The highest BCUT2D eigenvalue weighted by Crippen LogP contribution is 2.40. The number of pyridine rings is 1. The van der Waals surface area contributed by atoms with Crippen molar-refractivity contribution in [3.05, 3.63) is 64.3 Å². The highest BCUT2D eigenvalue weighted by atomic mass is 32.2. The Morgan fingerprint density at radius 2 is 2.04 bits per heavy atom. The van der Waals surface area contributed by atoms with E-state index in [2.05, 4.69) is 5.32 Å². The maximum atomic E-state index is 12.6. The summed E-state index contributed by atoms with van der Waals surface area (Å²) in [6, 6.07) is 8.68. The van der Waals surface area contributed by atoms with Crippen LogP contribution in [0, 0.1) is 0 Å². The summed E-state index contributed by atoms with van der Waals surface area (Å²) in [6.45, 7) is 0.404. The molecule has 0 radical (unpaired) electrons. The lowest BCUT2D eigenvalue weighted by Gasteiger charge is -2.49. The van der Waals surface area contributed by atoms with Gasteiger partial charge in [-0.3, -0.25) is 14.5 Å². The topological polar surface area (TPSA) is 90.6 Å². The molecule has 0 aliphatic carbocycles. The Bertz CT molecular complexity index is 943. The third kappa shape index (κ3) is 3.55. The number of hydrogen-bond donors (Lipinski definition) is 2. The van der Waals surface area contributed by atoms with E-state index in [9.17, 15) is 19.5 Å². The molecule has 2 aromatic rings. The van der Waals surface area contributed by atoms with Gasteiger partial charge in [-0.1, -0.05) is 12.1 Å². The average Bonchev–Trinajstić information content (AvgIpc) is 3.19. The second-order valence-corrected chi connectivity index (χ2v) is 8.65. The maximum absolute atomic E-state index is 12.6. The molecule has 1 fully saturated rings. The van der Waals surface area contributed by atoms with Gasteiger partial charge in [0.15, 0.2) is 18.9 Å². The summed E-state index contributed by atoms with van der Waals surface area (Å²) in [6.07, 6.45) is 3.93. The van der Waals surface area contributed by atoms with E-state index in [4.69, 9.17) is 0 Å². The molecule has 28 heavy (non-hydrogen) atoms. The molecule has 0 aromatic carbocycles. The number of carbonyl (C=O) groups is 3. The first-order chi connectivity index (χ1) is 13.5. The second-order valence-electron chi connectivity index (χ2n) is 6.52. The summed E-state index contributed by atoms with van der Waals surface area (Å²) in [5, 5.41) is 14.0. The number of aromatic nitrogens is 1. The van der Waals surface area contributed by atoms with Gasteiger partial charge in [-0.2, -0.15) is 0 Å². The lowest BCUT2D eigenvalue weighted by Crippen LogP contribution is -2.70. The molecule has 9 heteroatoms. The molecule has 4 heterocycles. The number of β-lactam (4-membered cyclic amide) rings is 1. The zero-order chi connectivity index (χ0) is 19.7. The van der Waals surface area contributed by atoms with Crippen LogP contribution in [0.3, 0.4) is 0 Å². The van der Waals surface area contributed by atoms with Crippen LogP contribution in [0.15, 0.2) is 59.4 Å². The molecule has 0 bridgehead atoms. The Labute approximate surface area is 169 Å². The molecule has 2 aliphatic heterocycles. The maximum Gasteiger partial charge on any atom is 0.352 e. The minimum absolute atomic E-state index is 0.0360. The fourth-order valence-electron chi connectivity index (χ4n) is 3.36. The van der Waals surface area contributed by atoms with Gasteiger partial charge >= 0.3 is 5.97 Å². The van der Waals surface area contributed by atoms with Crippen LogP contribution >= 0.6 is 23.1 Å². The average molecular weight is 417 g/mol. The molecule has 2 amide bonds. The number of rotatable bonds is 6. The zero-order valence-electron chi connectivity index (χ0n) is 14.8. The number of thiophene rings is 1.